The van der Waals surface area contributed by atoms with Crippen molar-refractivity contribution in [2.75, 3.05) is 11.5 Å². The summed E-state index contributed by atoms with van der Waals surface area (Å²) < 4.78 is 0. The number of para-hydroxylation sites is 1. The topological polar surface area (TPSA) is 23.5 Å². The Morgan fingerprint density at radius 3 is 2.81 bits per heavy atom. The van der Waals surface area contributed by atoms with Gasteiger partial charge in [0.2, 0.25) is 0 Å². The van der Waals surface area contributed by atoms with Crippen LogP contribution in [-0.2, 0) is 12.8 Å². The van der Waals surface area contributed by atoms with E-state index in [0.717, 1.165) is 12.8 Å². The van der Waals surface area contributed by atoms with Crippen LogP contribution < -0.4 is 4.90 Å². The molecule has 0 spiro atoms. The van der Waals surface area contributed by atoms with E-state index in [2.05, 4.69) is 43.9 Å². The van der Waals surface area contributed by atoms with Gasteiger partial charge in [0.1, 0.15) is 0 Å². The number of fused-ring (bicyclic) bond motifs is 1. The first-order valence-electron chi connectivity index (χ1n) is 6.15. The van der Waals surface area contributed by atoms with Crippen molar-refractivity contribution in [2.24, 2.45) is 0 Å². The van der Waals surface area contributed by atoms with Crippen molar-refractivity contribution in [1.29, 1.82) is 0 Å². The van der Waals surface area contributed by atoms with Crippen LogP contribution in [-0.4, -0.2) is 23.8 Å². The van der Waals surface area contributed by atoms with Crippen LogP contribution in [0, 0.1) is 0 Å². The third-order valence-electron chi connectivity index (χ3n) is 3.39. The van der Waals surface area contributed by atoms with Gasteiger partial charge in [0.05, 0.1) is 0 Å². The largest absolute Gasteiger partial charge is 0.396 e. The van der Waals surface area contributed by atoms with E-state index in [4.69, 9.17) is 5.11 Å². The Kier molecular flexibility index (Phi) is 3.20. The van der Waals surface area contributed by atoms with E-state index >= 15 is 0 Å². The third kappa shape index (κ3) is 1.82. The summed E-state index contributed by atoms with van der Waals surface area (Å²) in [6.07, 6.45) is 1.89. The lowest BCUT2D eigenvalue weighted by molar-refractivity contribution is 0.299. The average molecular weight is 219 g/mol. The first-order valence-corrected chi connectivity index (χ1v) is 6.15. The Balaban J connectivity index is 2.44. The number of hydrogen-bond acceptors (Lipinski definition) is 2. The van der Waals surface area contributed by atoms with Gasteiger partial charge in [-0.3, -0.25) is 0 Å². The van der Waals surface area contributed by atoms with Crippen LogP contribution in [0.2, 0.25) is 0 Å². The summed E-state index contributed by atoms with van der Waals surface area (Å²) >= 11 is 0. The van der Waals surface area contributed by atoms with Gasteiger partial charge in [-0.2, -0.15) is 0 Å². The normalized spacial score (nSPS) is 19.3. The van der Waals surface area contributed by atoms with E-state index in [9.17, 15) is 0 Å². The molecular weight excluding hydrogens is 198 g/mol. The SMILES string of the molecule is CC(C)N1c2c(CCO)cccc2CC1C. The molecule has 1 atom stereocenters. The molecule has 0 bridgehead atoms. The zero-order valence-electron chi connectivity index (χ0n) is 10.4. The molecule has 1 aliphatic heterocycles. The zero-order valence-corrected chi connectivity index (χ0v) is 10.4. The second kappa shape index (κ2) is 4.46. The van der Waals surface area contributed by atoms with E-state index < -0.39 is 0 Å². The minimum absolute atomic E-state index is 0.233. The molecule has 1 heterocycles. The predicted molar refractivity (Wildman–Crippen MR) is 68.0 cm³/mol. The highest BCUT2D eigenvalue weighted by Crippen LogP contribution is 2.36. The van der Waals surface area contributed by atoms with Crippen LogP contribution in [0.3, 0.4) is 0 Å². The summed E-state index contributed by atoms with van der Waals surface area (Å²) in [5, 5.41) is 9.12. The Hall–Kier alpha value is -1.02. The highest BCUT2D eigenvalue weighted by atomic mass is 16.2. The number of aliphatic hydroxyl groups excluding tert-OH is 1. The van der Waals surface area contributed by atoms with Gasteiger partial charge in [-0.15, -0.1) is 0 Å². The van der Waals surface area contributed by atoms with E-state index in [1.54, 1.807) is 0 Å². The molecule has 0 aromatic heterocycles. The Morgan fingerprint density at radius 1 is 1.44 bits per heavy atom. The number of anilines is 1. The Bertz CT molecular complexity index is 373. The summed E-state index contributed by atoms with van der Waals surface area (Å²) in [4.78, 5) is 2.49. The number of aliphatic hydroxyl groups is 1. The van der Waals surface area contributed by atoms with Crippen molar-refractivity contribution in [3.05, 3.63) is 29.3 Å². The number of benzene rings is 1. The second-order valence-electron chi connectivity index (χ2n) is 4.95. The summed E-state index contributed by atoms with van der Waals surface area (Å²) in [6, 6.07) is 7.57. The van der Waals surface area contributed by atoms with Crippen LogP contribution >= 0.6 is 0 Å². The van der Waals surface area contributed by atoms with Crippen molar-refractivity contribution < 1.29 is 5.11 Å². The van der Waals surface area contributed by atoms with Gasteiger partial charge in [-0.05, 0) is 44.7 Å². The monoisotopic (exact) mass is 219 g/mol. The smallest absolute Gasteiger partial charge is 0.0472 e. The minimum Gasteiger partial charge on any atom is -0.396 e. The molecule has 0 saturated carbocycles. The summed E-state index contributed by atoms with van der Waals surface area (Å²) in [5.74, 6) is 0. The predicted octanol–water partition coefficient (Wildman–Crippen LogP) is 2.38. The molecule has 0 radical (unpaired) electrons. The van der Waals surface area contributed by atoms with Gasteiger partial charge in [0.25, 0.3) is 0 Å². The summed E-state index contributed by atoms with van der Waals surface area (Å²) in [7, 11) is 0. The average Bonchev–Trinajstić information content (AvgIpc) is 2.55. The van der Waals surface area contributed by atoms with Crippen LogP contribution in [0.1, 0.15) is 31.9 Å². The maximum absolute atomic E-state index is 9.12. The van der Waals surface area contributed by atoms with E-state index in [0.29, 0.717) is 12.1 Å². The minimum atomic E-state index is 0.233. The second-order valence-corrected chi connectivity index (χ2v) is 4.95. The number of hydrogen-bond donors (Lipinski definition) is 1. The van der Waals surface area contributed by atoms with E-state index in [1.807, 2.05) is 0 Å². The van der Waals surface area contributed by atoms with Gasteiger partial charge < -0.3 is 10.0 Å². The van der Waals surface area contributed by atoms with Crippen molar-refractivity contribution in [2.45, 2.75) is 45.7 Å². The summed E-state index contributed by atoms with van der Waals surface area (Å²) in [6.45, 7) is 6.99. The molecule has 16 heavy (non-hydrogen) atoms. The van der Waals surface area contributed by atoms with E-state index in [-0.39, 0.29) is 6.61 Å². The molecule has 0 amide bonds. The molecule has 0 aliphatic carbocycles. The van der Waals surface area contributed by atoms with Gasteiger partial charge >= 0.3 is 0 Å². The van der Waals surface area contributed by atoms with Crippen LogP contribution in [0.25, 0.3) is 0 Å². The number of rotatable bonds is 3. The van der Waals surface area contributed by atoms with Gasteiger partial charge in [0, 0.05) is 24.4 Å². The fourth-order valence-electron chi connectivity index (χ4n) is 2.87. The zero-order chi connectivity index (χ0) is 11.7. The lowest BCUT2D eigenvalue weighted by Gasteiger charge is -2.30. The lowest BCUT2D eigenvalue weighted by Crippen LogP contribution is -2.36. The third-order valence-corrected chi connectivity index (χ3v) is 3.39. The fraction of sp³-hybridized carbons (Fsp3) is 0.571. The van der Waals surface area contributed by atoms with Gasteiger partial charge in [0.15, 0.2) is 0 Å². The first kappa shape index (κ1) is 11.5. The molecule has 2 rings (SSSR count). The molecule has 2 nitrogen and oxygen atoms in total. The highest BCUT2D eigenvalue weighted by Gasteiger charge is 2.29. The Morgan fingerprint density at radius 2 is 2.19 bits per heavy atom. The first-order chi connectivity index (χ1) is 7.65. The van der Waals surface area contributed by atoms with Crippen molar-refractivity contribution >= 4 is 5.69 Å². The van der Waals surface area contributed by atoms with Crippen LogP contribution in [0.4, 0.5) is 5.69 Å². The molecule has 1 aromatic rings. The molecule has 1 unspecified atom stereocenters. The molecule has 1 N–H and O–H groups in total. The lowest BCUT2D eigenvalue weighted by atomic mass is 10.0. The molecule has 0 saturated heterocycles. The summed E-state index contributed by atoms with van der Waals surface area (Å²) in [5.41, 5.74) is 4.10. The molecule has 1 aromatic carbocycles. The highest BCUT2D eigenvalue weighted by molar-refractivity contribution is 5.65. The van der Waals surface area contributed by atoms with Crippen LogP contribution in [0.15, 0.2) is 18.2 Å². The quantitative estimate of drug-likeness (QED) is 0.843. The van der Waals surface area contributed by atoms with Crippen molar-refractivity contribution in [3.63, 3.8) is 0 Å². The van der Waals surface area contributed by atoms with Gasteiger partial charge in [-0.25, -0.2) is 0 Å². The molecule has 2 heteroatoms. The van der Waals surface area contributed by atoms with E-state index in [1.165, 1.54) is 16.8 Å². The van der Waals surface area contributed by atoms with Crippen LogP contribution in [0.5, 0.6) is 0 Å². The number of nitrogens with zero attached hydrogens (tertiary/aromatic N) is 1. The molecule has 0 fully saturated rings. The van der Waals surface area contributed by atoms with Gasteiger partial charge in [-0.1, -0.05) is 18.2 Å². The molecular formula is C14H21NO. The molecule has 88 valence electrons. The maximum atomic E-state index is 9.12. The Labute approximate surface area is 97.9 Å². The fourth-order valence-corrected chi connectivity index (χ4v) is 2.87. The maximum Gasteiger partial charge on any atom is 0.0472 e. The van der Waals surface area contributed by atoms with Crippen molar-refractivity contribution in [3.8, 4) is 0 Å². The standard InChI is InChI=1S/C14H21NO/c1-10(2)15-11(3)9-13-6-4-5-12(7-8-16)14(13)15/h4-6,10-11,16H,7-9H2,1-3H3. The van der Waals surface area contributed by atoms with Crippen molar-refractivity contribution in [1.82, 2.24) is 0 Å². The molecule has 1 aliphatic rings.